The van der Waals surface area contributed by atoms with Gasteiger partial charge in [0.2, 0.25) is 0 Å². The van der Waals surface area contributed by atoms with Gasteiger partial charge in [-0.15, -0.1) is 0 Å². The van der Waals surface area contributed by atoms with E-state index in [2.05, 4.69) is 11.9 Å². The van der Waals surface area contributed by atoms with Crippen molar-refractivity contribution < 1.29 is 13.9 Å². The van der Waals surface area contributed by atoms with E-state index in [-0.39, 0.29) is 12.6 Å². The molecule has 5 nitrogen and oxygen atoms in total. The van der Waals surface area contributed by atoms with E-state index in [1.54, 1.807) is 6.26 Å². The summed E-state index contributed by atoms with van der Waals surface area (Å²) in [6.07, 6.45) is 3.36. The molecule has 0 aliphatic rings. The maximum Gasteiger partial charge on any atom is 0.407 e. The summed E-state index contributed by atoms with van der Waals surface area (Å²) in [5.41, 5.74) is 7.88. The zero-order chi connectivity index (χ0) is 14.4. The molecule has 1 atom stereocenters. The number of carbonyl (C=O) groups excluding carboxylic acids is 1. The van der Waals surface area contributed by atoms with Crippen LogP contribution in [0.5, 0.6) is 0 Å². The van der Waals surface area contributed by atoms with Gasteiger partial charge in [-0.05, 0) is 18.1 Å². The molecule has 20 heavy (non-hydrogen) atoms. The Morgan fingerprint density at radius 2 is 2.30 bits per heavy atom. The number of alkyl carbamates (subject to hydrolysis) is 1. The zero-order valence-electron chi connectivity index (χ0n) is 11.2. The smallest absolute Gasteiger partial charge is 0.407 e. The van der Waals surface area contributed by atoms with E-state index in [0.29, 0.717) is 13.0 Å². The van der Waals surface area contributed by atoms with Gasteiger partial charge in [-0.2, -0.15) is 0 Å². The van der Waals surface area contributed by atoms with Gasteiger partial charge in [0.15, 0.2) is 0 Å². The SMILES string of the molecule is C=CCOC(=O)NC[C@H](N)Cc1coc2ccccc12. The van der Waals surface area contributed by atoms with Gasteiger partial charge in [0.05, 0.1) is 6.26 Å². The first-order chi connectivity index (χ1) is 9.70. The van der Waals surface area contributed by atoms with Crippen LogP contribution in [0.1, 0.15) is 5.56 Å². The Labute approximate surface area is 117 Å². The molecule has 3 N–H and O–H groups in total. The summed E-state index contributed by atoms with van der Waals surface area (Å²) in [5.74, 6) is 0. The standard InChI is InChI=1S/C15H18N2O3/c1-2-7-19-15(18)17-9-12(16)8-11-10-20-14-6-4-3-5-13(11)14/h2-6,10,12H,1,7-9,16H2,(H,17,18)/t12-/m1/s1. The molecule has 1 heterocycles. The Morgan fingerprint density at radius 3 is 3.10 bits per heavy atom. The van der Waals surface area contributed by atoms with Crippen LogP contribution < -0.4 is 11.1 Å². The first-order valence-corrected chi connectivity index (χ1v) is 6.43. The summed E-state index contributed by atoms with van der Waals surface area (Å²) in [6, 6.07) is 7.58. The molecule has 0 aliphatic heterocycles. The van der Waals surface area contributed by atoms with Gasteiger partial charge in [0, 0.05) is 18.0 Å². The number of rotatable bonds is 6. The van der Waals surface area contributed by atoms with Gasteiger partial charge in [-0.1, -0.05) is 30.9 Å². The van der Waals surface area contributed by atoms with Crippen LogP contribution in [-0.2, 0) is 11.2 Å². The van der Waals surface area contributed by atoms with Gasteiger partial charge < -0.3 is 20.2 Å². The van der Waals surface area contributed by atoms with Crippen molar-refractivity contribution >= 4 is 17.1 Å². The lowest BCUT2D eigenvalue weighted by molar-refractivity contribution is 0.157. The van der Waals surface area contributed by atoms with Crippen molar-refractivity contribution in [2.24, 2.45) is 5.73 Å². The van der Waals surface area contributed by atoms with Crippen molar-refractivity contribution in [1.29, 1.82) is 0 Å². The highest BCUT2D eigenvalue weighted by Crippen LogP contribution is 2.21. The normalized spacial score (nSPS) is 12.1. The summed E-state index contributed by atoms with van der Waals surface area (Å²) in [6.45, 7) is 4.00. The fourth-order valence-electron chi connectivity index (χ4n) is 1.95. The zero-order valence-corrected chi connectivity index (χ0v) is 11.2. The van der Waals surface area contributed by atoms with E-state index >= 15 is 0 Å². The molecule has 0 saturated heterocycles. The molecule has 0 spiro atoms. The number of nitrogens with one attached hydrogen (secondary N) is 1. The molecule has 0 bridgehead atoms. The van der Waals surface area contributed by atoms with Gasteiger partial charge in [-0.25, -0.2) is 4.79 Å². The Balaban J connectivity index is 1.86. The first-order valence-electron chi connectivity index (χ1n) is 6.43. The van der Waals surface area contributed by atoms with E-state index in [9.17, 15) is 4.79 Å². The number of benzene rings is 1. The largest absolute Gasteiger partial charge is 0.464 e. The van der Waals surface area contributed by atoms with Gasteiger partial charge >= 0.3 is 6.09 Å². The lowest BCUT2D eigenvalue weighted by atomic mass is 10.1. The molecule has 1 aromatic heterocycles. The Hall–Kier alpha value is -2.27. The van der Waals surface area contributed by atoms with Crippen LogP contribution in [0.15, 0.2) is 47.6 Å². The maximum atomic E-state index is 11.3. The topological polar surface area (TPSA) is 77.5 Å². The van der Waals surface area contributed by atoms with E-state index in [0.717, 1.165) is 16.5 Å². The number of hydrogen-bond donors (Lipinski definition) is 2. The van der Waals surface area contributed by atoms with Gasteiger partial charge in [0.1, 0.15) is 12.2 Å². The second kappa shape index (κ2) is 6.77. The third-order valence-corrected chi connectivity index (χ3v) is 2.88. The Kier molecular flexibility index (Phi) is 4.79. The predicted molar refractivity (Wildman–Crippen MR) is 77.4 cm³/mol. The average molecular weight is 274 g/mol. The number of carbonyl (C=O) groups is 1. The lowest BCUT2D eigenvalue weighted by Gasteiger charge is -2.11. The minimum atomic E-state index is -0.489. The van der Waals surface area contributed by atoms with Crippen molar-refractivity contribution in [2.45, 2.75) is 12.5 Å². The predicted octanol–water partition coefficient (Wildman–Crippen LogP) is 2.21. The van der Waals surface area contributed by atoms with E-state index in [4.69, 9.17) is 14.9 Å². The highest BCUT2D eigenvalue weighted by atomic mass is 16.5. The second-order valence-corrected chi connectivity index (χ2v) is 4.49. The first kappa shape index (κ1) is 14.1. The maximum absolute atomic E-state index is 11.3. The van der Waals surface area contributed by atoms with Gasteiger partial charge in [0.25, 0.3) is 0 Å². The average Bonchev–Trinajstić information content (AvgIpc) is 2.86. The quantitative estimate of drug-likeness (QED) is 0.792. The number of amides is 1. The van der Waals surface area contributed by atoms with E-state index in [1.807, 2.05) is 24.3 Å². The summed E-state index contributed by atoms with van der Waals surface area (Å²) in [4.78, 5) is 11.3. The number of nitrogens with two attached hydrogens (primary N) is 1. The molecule has 0 saturated carbocycles. The molecule has 2 aromatic rings. The van der Waals surface area contributed by atoms with Crippen molar-refractivity contribution in [3.05, 3.63) is 48.7 Å². The highest BCUT2D eigenvalue weighted by molar-refractivity contribution is 5.80. The van der Waals surface area contributed by atoms with Crippen molar-refractivity contribution in [3.63, 3.8) is 0 Å². The summed E-state index contributed by atoms with van der Waals surface area (Å²) in [7, 11) is 0. The summed E-state index contributed by atoms with van der Waals surface area (Å²) >= 11 is 0. The van der Waals surface area contributed by atoms with E-state index < -0.39 is 6.09 Å². The van der Waals surface area contributed by atoms with Crippen LogP contribution in [0, 0.1) is 0 Å². The molecule has 2 rings (SSSR count). The number of para-hydroxylation sites is 1. The van der Waals surface area contributed by atoms with Crippen molar-refractivity contribution in [3.8, 4) is 0 Å². The minimum absolute atomic E-state index is 0.188. The van der Waals surface area contributed by atoms with Crippen LogP contribution in [0.2, 0.25) is 0 Å². The number of fused-ring (bicyclic) bond motifs is 1. The second-order valence-electron chi connectivity index (χ2n) is 4.49. The van der Waals surface area contributed by atoms with E-state index in [1.165, 1.54) is 6.08 Å². The number of hydrogen-bond acceptors (Lipinski definition) is 4. The molecular formula is C15H18N2O3. The third kappa shape index (κ3) is 3.61. The number of furan rings is 1. The molecule has 1 aromatic carbocycles. The van der Waals surface area contributed by atoms with Gasteiger partial charge in [-0.3, -0.25) is 0 Å². The fraction of sp³-hybridized carbons (Fsp3) is 0.267. The molecule has 5 heteroatoms. The minimum Gasteiger partial charge on any atom is -0.464 e. The van der Waals surface area contributed by atoms with Crippen LogP contribution in [0.4, 0.5) is 4.79 Å². The Bertz CT molecular complexity index is 592. The molecule has 0 unspecified atom stereocenters. The van der Waals surface area contributed by atoms with Crippen molar-refractivity contribution in [2.75, 3.05) is 13.2 Å². The molecule has 106 valence electrons. The number of ether oxygens (including phenoxy) is 1. The van der Waals surface area contributed by atoms with Crippen LogP contribution >= 0.6 is 0 Å². The highest BCUT2D eigenvalue weighted by Gasteiger charge is 2.11. The molecule has 1 amide bonds. The lowest BCUT2D eigenvalue weighted by Crippen LogP contribution is -2.38. The molecule has 0 fully saturated rings. The summed E-state index contributed by atoms with van der Waals surface area (Å²) in [5, 5.41) is 3.67. The molecule has 0 radical (unpaired) electrons. The molecular weight excluding hydrogens is 256 g/mol. The van der Waals surface area contributed by atoms with Crippen molar-refractivity contribution in [1.82, 2.24) is 5.32 Å². The van der Waals surface area contributed by atoms with Crippen LogP contribution in [-0.4, -0.2) is 25.3 Å². The third-order valence-electron chi connectivity index (χ3n) is 2.88. The molecule has 0 aliphatic carbocycles. The Morgan fingerprint density at radius 1 is 1.50 bits per heavy atom. The fourth-order valence-corrected chi connectivity index (χ4v) is 1.95. The summed E-state index contributed by atoms with van der Waals surface area (Å²) < 4.78 is 10.3. The van der Waals surface area contributed by atoms with Crippen LogP contribution in [0.25, 0.3) is 11.0 Å². The monoisotopic (exact) mass is 274 g/mol. The van der Waals surface area contributed by atoms with Crippen LogP contribution in [0.3, 0.4) is 0 Å².